The summed E-state index contributed by atoms with van der Waals surface area (Å²) in [6.07, 6.45) is 0. The molecule has 1 aromatic carbocycles. The second kappa shape index (κ2) is 5.79. The Morgan fingerprint density at radius 1 is 1.28 bits per heavy atom. The Balaban J connectivity index is 1.97. The SMILES string of the molecule is O=C1NNC(SCc2cc(Cl)ccc2Cl)C(=O)N1. The molecule has 3 amide bonds. The van der Waals surface area contributed by atoms with Crippen LogP contribution in [0.25, 0.3) is 0 Å². The summed E-state index contributed by atoms with van der Waals surface area (Å²) in [6.45, 7) is 0. The third kappa shape index (κ3) is 3.29. The van der Waals surface area contributed by atoms with Crippen LogP contribution in [0.3, 0.4) is 0 Å². The number of imide groups is 1. The van der Waals surface area contributed by atoms with Crippen molar-refractivity contribution in [1.29, 1.82) is 0 Å². The fourth-order valence-corrected chi connectivity index (χ4v) is 2.75. The molecule has 0 saturated carbocycles. The zero-order valence-electron chi connectivity index (χ0n) is 9.00. The van der Waals surface area contributed by atoms with Gasteiger partial charge in [-0.1, -0.05) is 23.2 Å². The smallest absolute Gasteiger partial charge is 0.275 e. The Hall–Kier alpha value is -0.950. The highest BCUT2D eigenvalue weighted by Crippen LogP contribution is 2.26. The molecule has 1 atom stereocenters. The third-order valence-corrected chi connectivity index (χ3v) is 3.95. The van der Waals surface area contributed by atoms with Crippen LogP contribution in [-0.2, 0) is 10.5 Å². The van der Waals surface area contributed by atoms with E-state index in [0.717, 1.165) is 5.56 Å². The molecule has 2 rings (SSSR count). The maximum absolute atomic E-state index is 11.5. The lowest BCUT2D eigenvalue weighted by atomic mass is 10.2. The van der Waals surface area contributed by atoms with Gasteiger partial charge in [-0.25, -0.2) is 10.2 Å². The third-order valence-electron chi connectivity index (χ3n) is 2.20. The second-order valence-corrected chi connectivity index (χ2v) is 5.45. The molecule has 0 aromatic heterocycles. The minimum absolute atomic E-state index is 0.387. The molecule has 1 saturated heterocycles. The fraction of sp³-hybridized carbons (Fsp3) is 0.200. The van der Waals surface area contributed by atoms with Gasteiger partial charge in [-0.15, -0.1) is 11.8 Å². The number of carbonyl (C=O) groups is 2. The van der Waals surface area contributed by atoms with Gasteiger partial charge < -0.3 is 0 Å². The van der Waals surface area contributed by atoms with Crippen LogP contribution in [0, 0.1) is 0 Å². The summed E-state index contributed by atoms with van der Waals surface area (Å²) in [7, 11) is 0. The van der Waals surface area contributed by atoms with Crippen molar-refractivity contribution in [3.63, 3.8) is 0 Å². The van der Waals surface area contributed by atoms with Gasteiger partial charge in [-0.05, 0) is 23.8 Å². The average molecular weight is 306 g/mol. The zero-order valence-corrected chi connectivity index (χ0v) is 11.3. The first-order valence-electron chi connectivity index (χ1n) is 4.98. The van der Waals surface area contributed by atoms with Gasteiger partial charge >= 0.3 is 6.03 Å². The summed E-state index contributed by atoms with van der Waals surface area (Å²) < 4.78 is 0. The second-order valence-electron chi connectivity index (χ2n) is 3.51. The molecule has 1 fully saturated rings. The Bertz CT molecular complexity index is 498. The van der Waals surface area contributed by atoms with Crippen molar-refractivity contribution in [3.8, 4) is 0 Å². The van der Waals surface area contributed by atoms with E-state index in [0.29, 0.717) is 15.8 Å². The summed E-state index contributed by atoms with van der Waals surface area (Å²) in [6, 6.07) is 4.59. The monoisotopic (exact) mass is 305 g/mol. The van der Waals surface area contributed by atoms with Crippen molar-refractivity contribution in [2.75, 3.05) is 0 Å². The molecular weight excluding hydrogens is 297 g/mol. The molecule has 1 aliphatic rings. The van der Waals surface area contributed by atoms with Crippen molar-refractivity contribution in [1.82, 2.24) is 16.2 Å². The van der Waals surface area contributed by atoms with Crippen LogP contribution in [0.1, 0.15) is 5.56 Å². The van der Waals surface area contributed by atoms with Crippen LogP contribution in [0.5, 0.6) is 0 Å². The van der Waals surface area contributed by atoms with Crippen molar-refractivity contribution < 1.29 is 9.59 Å². The molecule has 0 aliphatic carbocycles. The maximum Gasteiger partial charge on any atom is 0.335 e. The highest BCUT2D eigenvalue weighted by molar-refractivity contribution is 7.99. The number of halogens is 2. The molecule has 1 unspecified atom stereocenters. The number of carbonyl (C=O) groups excluding carboxylic acids is 2. The molecule has 0 radical (unpaired) electrons. The zero-order chi connectivity index (χ0) is 13.1. The minimum Gasteiger partial charge on any atom is -0.275 e. The van der Waals surface area contributed by atoms with Gasteiger partial charge in [0.25, 0.3) is 5.91 Å². The molecule has 18 heavy (non-hydrogen) atoms. The van der Waals surface area contributed by atoms with E-state index in [2.05, 4.69) is 16.2 Å². The first kappa shape index (κ1) is 13.5. The van der Waals surface area contributed by atoms with E-state index in [4.69, 9.17) is 23.2 Å². The Morgan fingerprint density at radius 2 is 2.06 bits per heavy atom. The largest absolute Gasteiger partial charge is 0.335 e. The van der Waals surface area contributed by atoms with Crippen molar-refractivity contribution >= 4 is 46.9 Å². The van der Waals surface area contributed by atoms with Crippen LogP contribution in [-0.4, -0.2) is 17.3 Å². The number of rotatable bonds is 3. The summed E-state index contributed by atoms with van der Waals surface area (Å²) in [5.74, 6) is 0.113. The predicted octanol–water partition coefficient (Wildman–Crippen LogP) is 1.90. The lowest BCUT2D eigenvalue weighted by Crippen LogP contribution is -2.61. The van der Waals surface area contributed by atoms with E-state index in [9.17, 15) is 9.59 Å². The highest BCUT2D eigenvalue weighted by Gasteiger charge is 2.26. The number of benzene rings is 1. The number of nitrogens with one attached hydrogen (secondary N) is 3. The van der Waals surface area contributed by atoms with Gasteiger partial charge in [0, 0.05) is 15.8 Å². The average Bonchev–Trinajstić information content (AvgIpc) is 2.32. The topological polar surface area (TPSA) is 70.2 Å². The molecule has 0 spiro atoms. The molecule has 3 N–H and O–H groups in total. The first-order valence-corrected chi connectivity index (χ1v) is 6.78. The van der Waals surface area contributed by atoms with E-state index < -0.39 is 11.4 Å². The summed E-state index contributed by atoms with van der Waals surface area (Å²) in [5, 5.41) is 2.78. The molecule has 96 valence electrons. The molecule has 8 heteroatoms. The lowest BCUT2D eigenvalue weighted by Gasteiger charge is -2.22. The number of hydrogen-bond donors (Lipinski definition) is 3. The van der Waals surface area contributed by atoms with E-state index in [1.807, 2.05) is 0 Å². The van der Waals surface area contributed by atoms with E-state index >= 15 is 0 Å². The maximum atomic E-state index is 11.5. The van der Waals surface area contributed by atoms with Gasteiger partial charge in [0.15, 0.2) is 5.37 Å². The number of hydrogen-bond acceptors (Lipinski definition) is 4. The normalized spacial score (nSPS) is 19.3. The number of urea groups is 1. The Labute approximate surface area is 118 Å². The van der Waals surface area contributed by atoms with Gasteiger partial charge in [-0.3, -0.25) is 15.5 Å². The predicted molar refractivity (Wildman–Crippen MR) is 71.4 cm³/mol. The first-order chi connectivity index (χ1) is 8.56. The van der Waals surface area contributed by atoms with E-state index in [1.165, 1.54) is 11.8 Å². The van der Waals surface area contributed by atoms with Crippen LogP contribution < -0.4 is 16.2 Å². The number of hydrazine groups is 1. The van der Waals surface area contributed by atoms with Gasteiger partial charge in [0.2, 0.25) is 0 Å². The van der Waals surface area contributed by atoms with Crippen molar-refractivity contribution in [3.05, 3.63) is 33.8 Å². The van der Waals surface area contributed by atoms with Gasteiger partial charge in [0.1, 0.15) is 0 Å². The number of amides is 3. The molecule has 1 aliphatic heterocycles. The number of thioether (sulfide) groups is 1. The van der Waals surface area contributed by atoms with Gasteiger partial charge in [-0.2, -0.15) is 0 Å². The Kier molecular flexibility index (Phi) is 4.34. The highest BCUT2D eigenvalue weighted by atomic mass is 35.5. The van der Waals surface area contributed by atoms with Crippen LogP contribution in [0.2, 0.25) is 10.0 Å². The summed E-state index contributed by atoms with van der Waals surface area (Å²) in [5.41, 5.74) is 5.76. The van der Waals surface area contributed by atoms with Crippen molar-refractivity contribution in [2.45, 2.75) is 11.1 Å². The van der Waals surface area contributed by atoms with Gasteiger partial charge in [0.05, 0.1) is 0 Å². The quantitative estimate of drug-likeness (QED) is 0.797. The van der Waals surface area contributed by atoms with Crippen LogP contribution >= 0.6 is 35.0 Å². The molecule has 5 nitrogen and oxygen atoms in total. The summed E-state index contributed by atoms with van der Waals surface area (Å²) >= 11 is 13.2. The molecular formula is C10H9Cl2N3O2S. The fourth-order valence-electron chi connectivity index (χ4n) is 1.35. The molecule has 1 heterocycles. The Morgan fingerprint density at radius 3 is 2.78 bits per heavy atom. The standard InChI is InChI=1S/C10H9Cl2N3O2S/c11-6-1-2-7(12)5(3-6)4-18-9-8(16)13-10(17)15-14-9/h1-3,9,14H,4H2,(H2,13,15,16,17). The summed E-state index contributed by atoms with van der Waals surface area (Å²) in [4.78, 5) is 22.3. The van der Waals surface area contributed by atoms with E-state index in [-0.39, 0.29) is 5.91 Å². The molecule has 1 aromatic rings. The van der Waals surface area contributed by atoms with Crippen molar-refractivity contribution in [2.24, 2.45) is 0 Å². The minimum atomic E-state index is -0.558. The van der Waals surface area contributed by atoms with Crippen LogP contribution in [0.15, 0.2) is 18.2 Å². The molecule has 0 bridgehead atoms. The van der Waals surface area contributed by atoms with E-state index in [1.54, 1.807) is 18.2 Å². The van der Waals surface area contributed by atoms with Crippen LogP contribution in [0.4, 0.5) is 4.79 Å². The lowest BCUT2D eigenvalue weighted by molar-refractivity contribution is -0.120.